The van der Waals surface area contributed by atoms with E-state index in [1.165, 1.54) is 0 Å². The maximum absolute atomic E-state index is 12.0. The molecule has 1 heterocycles. The van der Waals surface area contributed by atoms with Crippen molar-refractivity contribution in [1.82, 2.24) is 0 Å². The molecule has 1 saturated carbocycles. The van der Waals surface area contributed by atoms with Gasteiger partial charge in [-0.25, -0.2) is 0 Å². The van der Waals surface area contributed by atoms with E-state index in [1.54, 1.807) is 0 Å². The molecule has 4 unspecified atom stereocenters. The molecule has 1 saturated heterocycles. The second-order valence-corrected chi connectivity index (χ2v) is 5.04. The van der Waals surface area contributed by atoms with Gasteiger partial charge in [-0.2, -0.15) is 0 Å². The molecule has 2 aliphatic rings. The lowest BCUT2D eigenvalue weighted by molar-refractivity contribution is -0.125. The predicted molar refractivity (Wildman–Crippen MR) is 68.1 cm³/mol. The number of hydrogen-bond acceptors (Lipinski definition) is 2. The van der Waals surface area contributed by atoms with E-state index in [4.69, 9.17) is 4.74 Å². The van der Waals surface area contributed by atoms with Gasteiger partial charge in [0.05, 0.1) is 0 Å². The minimum atomic E-state index is 0.0880. The van der Waals surface area contributed by atoms with Gasteiger partial charge in [0, 0.05) is 24.2 Å². The van der Waals surface area contributed by atoms with Crippen molar-refractivity contribution in [3.8, 4) is 0 Å². The number of ether oxygens (including phenoxy) is 1. The average Bonchev–Trinajstić information content (AvgIpc) is 2.62. The van der Waals surface area contributed by atoms with Crippen molar-refractivity contribution in [1.29, 1.82) is 0 Å². The lowest BCUT2D eigenvalue weighted by Crippen LogP contribution is -2.33. The Morgan fingerprint density at radius 1 is 1.35 bits per heavy atom. The SMILES string of the molecule is C=CC1CC2C(=C)OC(=C)C2CC1C(=O)CC. The molecule has 92 valence electrons. The van der Waals surface area contributed by atoms with Gasteiger partial charge in [0.1, 0.15) is 17.3 Å². The first kappa shape index (κ1) is 12.2. The molecule has 4 atom stereocenters. The van der Waals surface area contributed by atoms with Crippen molar-refractivity contribution in [2.45, 2.75) is 26.2 Å². The highest BCUT2D eigenvalue weighted by Gasteiger charge is 2.45. The Hall–Kier alpha value is -1.31. The summed E-state index contributed by atoms with van der Waals surface area (Å²) in [5.41, 5.74) is 0. The molecule has 2 rings (SSSR count). The van der Waals surface area contributed by atoms with Crippen molar-refractivity contribution in [2.75, 3.05) is 0 Å². The predicted octanol–water partition coefficient (Wildman–Crippen LogP) is 3.47. The smallest absolute Gasteiger partial charge is 0.136 e. The molecule has 2 heteroatoms. The first-order chi connectivity index (χ1) is 8.08. The standard InChI is InChI=1S/C15H20O2/c1-5-11-7-12-9(3)17-10(4)13(12)8-14(11)15(16)6-2/h5,11-14H,1,3-4,6-8H2,2H3. The zero-order valence-electron chi connectivity index (χ0n) is 10.4. The number of ketones is 1. The Morgan fingerprint density at radius 2 is 1.94 bits per heavy atom. The molecule has 0 aromatic rings. The second-order valence-electron chi connectivity index (χ2n) is 5.04. The van der Waals surface area contributed by atoms with Crippen molar-refractivity contribution in [3.05, 3.63) is 37.3 Å². The van der Waals surface area contributed by atoms with E-state index < -0.39 is 0 Å². The fourth-order valence-electron chi connectivity index (χ4n) is 3.16. The zero-order valence-corrected chi connectivity index (χ0v) is 10.4. The summed E-state index contributed by atoms with van der Waals surface area (Å²) in [6.45, 7) is 13.7. The number of rotatable bonds is 3. The van der Waals surface area contributed by atoms with Crippen LogP contribution in [-0.4, -0.2) is 5.78 Å². The fourth-order valence-corrected chi connectivity index (χ4v) is 3.16. The second kappa shape index (κ2) is 4.52. The van der Waals surface area contributed by atoms with Crippen LogP contribution in [0.25, 0.3) is 0 Å². The molecule has 17 heavy (non-hydrogen) atoms. The molecule has 0 aromatic heterocycles. The van der Waals surface area contributed by atoms with Gasteiger partial charge in [0.2, 0.25) is 0 Å². The van der Waals surface area contributed by atoms with Gasteiger partial charge in [-0.1, -0.05) is 26.2 Å². The Morgan fingerprint density at radius 3 is 2.47 bits per heavy atom. The minimum Gasteiger partial charge on any atom is -0.467 e. The zero-order chi connectivity index (χ0) is 12.6. The van der Waals surface area contributed by atoms with Crippen molar-refractivity contribution in [2.24, 2.45) is 23.7 Å². The fraction of sp³-hybridized carbons (Fsp3) is 0.533. The summed E-state index contributed by atoms with van der Waals surface area (Å²) >= 11 is 0. The van der Waals surface area contributed by atoms with Gasteiger partial charge >= 0.3 is 0 Å². The molecule has 2 fully saturated rings. The third-order valence-corrected chi connectivity index (χ3v) is 4.19. The van der Waals surface area contributed by atoms with Crippen LogP contribution in [0.15, 0.2) is 37.3 Å². The monoisotopic (exact) mass is 232 g/mol. The summed E-state index contributed by atoms with van der Waals surface area (Å²) in [5, 5.41) is 0. The van der Waals surface area contributed by atoms with Gasteiger partial charge in [-0.15, -0.1) is 6.58 Å². The third-order valence-electron chi connectivity index (χ3n) is 4.19. The Labute approximate surface area is 103 Å². The third kappa shape index (κ3) is 1.97. The van der Waals surface area contributed by atoms with Gasteiger partial charge in [0.15, 0.2) is 0 Å². The highest BCUT2D eigenvalue weighted by atomic mass is 16.5. The number of hydrogen-bond donors (Lipinski definition) is 0. The lowest BCUT2D eigenvalue weighted by atomic mass is 9.66. The normalized spacial score (nSPS) is 36.3. The summed E-state index contributed by atoms with van der Waals surface area (Å²) in [7, 11) is 0. The van der Waals surface area contributed by atoms with Crippen molar-refractivity contribution in [3.63, 3.8) is 0 Å². The van der Waals surface area contributed by atoms with Crippen LogP contribution in [0.1, 0.15) is 26.2 Å². The van der Waals surface area contributed by atoms with Gasteiger partial charge in [-0.05, 0) is 18.8 Å². The number of fused-ring (bicyclic) bond motifs is 1. The van der Waals surface area contributed by atoms with Crippen LogP contribution in [0.3, 0.4) is 0 Å². The molecule has 0 spiro atoms. The summed E-state index contributed by atoms with van der Waals surface area (Å²) < 4.78 is 5.53. The van der Waals surface area contributed by atoms with E-state index in [0.29, 0.717) is 18.1 Å². The molecule has 0 N–H and O–H groups in total. The molecule has 2 nitrogen and oxygen atoms in total. The highest BCUT2D eigenvalue weighted by Crippen LogP contribution is 2.50. The molecule has 0 aromatic carbocycles. The molecule has 0 radical (unpaired) electrons. The molecule has 0 amide bonds. The van der Waals surface area contributed by atoms with Crippen molar-refractivity contribution >= 4 is 5.78 Å². The Bertz CT molecular complexity index is 380. The van der Waals surface area contributed by atoms with Crippen LogP contribution in [-0.2, 0) is 9.53 Å². The van der Waals surface area contributed by atoms with Crippen LogP contribution in [0.2, 0.25) is 0 Å². The molecular formula is C15H20O2. The van der Waals surface area contributed by atoms with Crippen LogP contribution in [0.5, 0.6) is 0 Å². The Balaban J connectivity index is 2.22. The summed E-state index contributed by atoms with van der Waals surface area (Å²) in [5.74, 6) is 2.88. The van der Waals surface area contributed by atoms with E-state index in [-0.39, 0.29) is 17.8 Å². The largest absolute Gasteiger partial charge is 0.467 e. The number of carbonyl (C=O) groups is 1. The van der Waals surface area contributed by atoms with E-state index in [9.17, 15) is 4.79 Å². The van der Waals surface area contributed by atoms with Crippen LogP contribution < -0.4 is 0 Å². The van der Waals surface area contributed by atoms with Crippen LogP contribution in [0, 0.1) is 23.7 Å². The van der Waals surface area contributed by atoms with Crippen LogP contribution >= 0.6 is 0 Å². The molecule has 1 aliphatic heterocycles. The number of carbonyl (C=O) groups excluding carboxylic acids is 1. The summed E-state index contributed by atoms with van der Waals surface area (Å²) in [4.78, 5) is 12.0. The molecular weight excluding hydrogens is 212 g/mol. The van der Waals surface area contributed by atoms with Gasteiger partial charge < -0.3 is 4.74 Å². The summed E-state index contributed by atoms with van der Waals surface area (Å²) in [6, 6.07) is 0. The van der Waals surface area contributed by atoms with E-state index in [2.05, 4.69) is 19.7 Å². The maximum atomic E-state index is 12.0. The number of Topliss-reactive ketones (excluding diaryl/α,β-unsaturated/α-hetero) is 1. The van der Waals surface area contributed by atoms with Crippen molar-refractivity contribution < 1.29 is 9.53 Å². The first-order valence-electron chi connectivity index (χ1n) is 6.29. The first-order valence-corrected chi connectivity index (χ1v) is 6.29. The maximum Gasteiger partial charge on any atom is 0.136 e. The van der Waals surface area contributed by atoms with Gasteiger partial charge in [0.25, 0.3) is 0 Å². The van der Waals surface area contributed by atoms with E-state index in [0.717, 1.165) is 24.4 Å². The highest BCUT2D eigenvalue weighted by molar-refractivity contribution is 5.81. The summed E-state index contributed by atoms with van der Waals surface area (Å²) in [6.07, 6.45) is 4.28. The topological polar surface area (TPSA) is 26.3 Å². The van der Waals surface area contributed by atoms with E-state index in [1.807, 2.05) is 13.0 Å². The van der Waals surface area contributed by atoms with E-state index >= 15 is 0 Å². The van der Waals surface area contributed by atoms with Gasteiger partial charge in [-0.3, -0.25) is 4.79 Å². The number of allylic oxidation sites excluding steroid dienone is 3. The quantitative estimate of drug-likeness (QED) is 0.696. The Kier molecular flexibility index (Phi) is 3.23. The minimum absolute atomic E-state index is 0.0880. The molecule has 1 aliphatic carbocycles. The molecule has 0 bridgehead atoms. The van der Waals surface area contributed by atoms with Crippen LogP contribution in [0.4, 0.5) is 0 Å². The average molecular weight is 232 g/mol. The lowest BCUT2D eigenvalue weighted by Gasteiger charge is -2.34.